The van der Waals surface area contributed by atoms with Crippen molar-refractivity contribution < 1.29 is 0 Å². The fraction of sp³-hybridized carbons (Fsp3) is 0.176. The van der Waals surface area contributed by atoms with E-state index in [-0.39, 0.29) is 10.8 Å². The Labute approximate surface area is 207 Å². The minimum absolute atomic E-state index is 0.00553. The normalized spacial score (nSPS) is 15.9. The maximum atomic E-state index is 3.72. The van der Waals surface area contributed by atoms with Crippen molar-refractivity contribution in [1.82, 2.24) is 0 Å². The van der Waals surface area contributed by atoms with Gasteiger partial charge in [-0.2, -0.15) is 0 Å². The van der Waals surface area contributed by atoms with E-state index in [1.54, 1.807) is 0 Å². The molecule has 35 heavy (non-hydrogen) atoms. The number of rotatable bonds is 2. The SMILES string of the molecule is CC1(C)c2ccccc2-c2ccc(Nc3ccc4c(c3)-c3ccc5ccccc5c3C4(C)C)cc21. The second-order valence-corrected chi connectivity index (χ2v) is 11.2. The van der Waals surface area contributed by atoms with E-state index < -0.39 is 0 Å². The standard InChI is InChI=1S/C34H29N/c1-33(2)29-12-8-7-11-25(29)26-17-14-23(20-31(26)33)35-22-15-18-30-28(19-22)27-16-13-21-9-5-6-10-24(21)32(27)34(30,3)4/h5-20,35H,1-4H3. The van der Waals surface area contributed by atoms with Gasteiger partial charge in [0, 0.05) is 22.2 Å². The molecule has 1 heteroatoms. The number of anilines is 2. The fourth-order valence-corrected chi connectivity index (χ4v) is 6.64. The van der Waals surface area contributed by atoms with Gasteiger partial charge in [0.25, 0.3) is 0 Å². The van der Waals surface area contributed by atoms with Gasteiger partial charge in [-0.15, -0.1) is 0 Å². The summed E-state index contributed by atoms with van der Waals surface area (Å²) in [5.74, 6) is 0. The van der Waals surface area contributed by atoms with Crippen LogP contribution in [0, 0.1) is 0 Å². The molecule has 5 aromatic rings. The van der Waals surface area contributed by atoms with Crippen LogP contribution in [0.2, 0.25) is 0 Å². The predicted molar refractivity (Wildman–Crippen MR) is 149 cm³/mol. The summed E-state index contributed by atoms with van der Waals surface area (Å²) in [5, 5.41) is 6.40. The monoisotopic (exact) mass is 451 g/mol. The Bertz CT molecular complexity index is 1670. The van der Waals surface area contributed by atoms with Crippen LogP contribution in [-0.2, 0) is 10.8 Å². The van der Waals surface area contributed by atoms with Crippen LogP contribution in [0.4, 0.5) is 11.4 Å². The number of benzene rings is 5. The molecular weight excluding hydrogens is 422 g/mol. The van der Waals surface area contributed by atoms with Crippen molar-refractivity contribution in [3.05, 3.63) is 119 Å². The second-order valence-electron chi connectivity index (χ2n) is 11.2. The molecule has 0 unspecified atom stereocenters. The summed E-state index contributed by atoms with van der Waals surface area (Å²) in [6, 6.07) is 35.9. The van der Waals surface area contributed by atoms with Gasteiger partial charge in [0.15, 0.2) is 0 Å². The summed E-state index contributed by atoms with van der Waals surface area (Å²) in [7, 11) is 0. The van der Waals surface area contributed by atoms with Crippen molar-refractivity contribution in [2.75, 3.05) is 5.32 Å². The molecule has 7 rings (SSSR count). The van der Waals surface area contributed by atoms with Crippen molar-refractivity contribution in [3.8, 4) is 22.3 Å². The lowest BCUT2D eigenvalue weighted by atomic mass is 9.80. The minimum Gasteiger partial charge on any atom is -0.355 e. The van der Waals surface area contributed by atoms with Crippen LogP contribution in [0.5, 0.6) is 0 Å². The van der Waals surface area contributed by atoms with Crippen molar-refractivity contribution in [1.29, 1.82) is 0 Å². The summed E-state index contributed by atoms with van der Waals surface area (Å²) < 4.78 is 0. The van der Waals surface area contributed by atoms with Crippen LogP contribution >= 0.6 is 0 Å². The van der Waals surface area contributed by atoms with E-state index >= 15 is 0 Å². The van der Waals surface area contributed by atoms with Gasteiger partial charge < -0.3 is 5.32 Å². The molecular formula is C34H29N. The predicted octanol–water partition coefficient (Wildman–Crippen LogP) is 9.20. The lowest BCUT2D eigenvalue weighted by Gasteiger charge is -2.23. The van der Waals surface area contributed by atoms with Crippen LogP contribution in [-0.4, -0.2) is 0 Å². The van der Waals surface area contributed by atoms with Gasteiger partial charge in [0.05, 0.1) is 0 Å². The Kier molecular flexibility index (Phi) is 4.02. The third-order valence-corrected chi connectivity index (χ3v) is 8.41. The highest BCUT2D eigenvalue weighted by molar-refractivity contribution is 5.98. The van der Waals surface area contributed by atoms with Gasteiger partial charge in [-0.3, -0.25) is 0 Å². The summed E-state index contributed by atoms with van der Waals surface area (Å²) in [4.78, 5) is 0. The first-order chi connectivity index (χ1) is 16.9. The maximum Gasteiger partial charge on any atom is 0.0390 e. The zero-order chi connectivity index (χ0) is 23.9. The summed E-state index contributed by atoms with van der Waals surface area (Å²) in [6.07, 6.45) is 0. The van der Waals surface area contributed by atoms with Crippen LogP contribution in [0.3, 0.4) is 0 Å². The molecule has 0 saturated heterocycles. The van der Waals surface area contributed by atoms with E-state index in [1.807, 2.05) is 0 Å². The molecule has 0 amide bonds. The number of hydrogen-bond donors (Lipinski definition) is 1. The fourth-order valence-electron chi connectivity index (χ4n) is 6.64. The second kappa shape index (κ2) is 6.86. The summed E-state index contributed by atoms with van der Waals surface area (Å²) in [6.45, 7) is 9.38. The zero-order valence-corrected chi connectivity index (χ0v) is 20.7. The van der Waals surface area contributed by atoms with Gasteiger partial charge in [-0.05, 0) is 79.5 Å². The smallest absolute Gasteiger partial charge is 0.0390 e. The minimum atomic E-state index is -0.0204. The van der Waals surface area contributed by atoms with Gasteiger partial charge >= 0.3 is 0 Å². The number of hydrogen-bond acceptors (Lipinski definition) is 1. The third kappa shape index (κ3) is 2.76. The van der Waals surface area contributed by atoms with Crippen molar-refractivity contribution in [3.63, 3.8) is 0 Å². The average molecular weight is 452 g/mol. The lowest BCUT2D eigenvalue weighted by Crippen LogP contribution is -2.15. The quantitative estimate of drug-likeness (QED) is 0.282. The first kappa shape index (κ1) is 20.5. The third-order valence-electron chi connectivity index (χ3n) is 8.41. The highest BCUT2D eigenvalue weighted by atomic mass is 14.9. The Hall–Kier alpha value is -3.84. The molecule has 170 valence electrons. The number of nitrogens with one attached hydrogen (secondary N) is 1. The van der Waals surface area contributed by atoms with Crippen molar-refractivity contribution in [2.24, 2.45) is 0 Å². The molecule has 0 aliphatic heterocycles. The number of fused-ring (bicyclic) bond motifs is 8. The molecule has 0 heterocycles. The van der Waals surface area contributed by atoms with Crippen molar-refractivity contribution >= 4 is 22.1 Å². The Morgan fingerprint density at radius 2 is 1.14 bits per heavy atom. The molecule has 1 N–H and O–H groups in total. The van der Waals surface area contributed by atoms with E-state index in [1.165, 1.54) is 55.3 Å². The lowest BCUT2D eigenvalue weighted by molar-refractivity contribution is 0.660. The topological polar surface area (TPSA) is 12.0 Å². The van der Waals surface area contributed by atoms with Gasteiger partial charge in [0.1, 0.15) is 0 Å². The molecule has 0 saturated carbocycles. The van der Waals surface area contributed by atoms with Gasteiger partial charge in [-0.25, -0.2) is 0 Å². The molecule has 0 aromatic heterocycles. The molecule has 0 fully saturated rings. The van der Waals surface area contributed by atoms with Crippen molar-refractivity contribution in [2.45, 2.75) is 38.5 Å². The van der Waals surface area contributed by atoms with E-state index in [9.17, 15) is 0 Å². The summed E-state index contributed by atoms with van der Waals surface area (Å²) in [5.41, 5.74) is 13.3. The Balaban J connectivity index is 1.30. The van der Waals surface area contributed by atoms with E-state index in [0.717, 1.165) is 11.4 Å². The largest absolute Gasteiger partial charge is 0.355 e. The molecule has 2 aliphatic carbocycles. The molecule has 0 spiro atoms. The van der Waals surface area contributed by atoms with Crippen LogP contribution in [0.25, 0.3) is 33.0 Å². The Morgan fingerprint density at radius 3 is 2.03 bits per heavy atom. The molecule has 0 radical (unpaired) electrons. The molecule has 0 atom stereocenters. The first-order valence-corrected chi connectivity index (χ1v) is 12.5. The molecule has 0 bridgehead atoms. The molecule has 2 aliphatic rings. The van der Waals surface area contributed by atoms with Crippen LogP contribution in [0.15, 0.2) is 97.1 Å². The van der Waals surface area contributed by atoms with Crippen LogP contribution < -0.4 is 5.32 Å². The maximum absolute atomic E-state index is 3.72. The van der Waals surface area contributed by atoms with Gasteiger partial charge in [-0.1, -0.05) is 100 Å². The molecule has 1 nitrogen and oxygen atoms in total. The molecule has 5 aromatic carbocycles. The highest BCUT2D eigenvalue weighted by Gasteiger charge is 2.37. The van der Waals surface area contributed by atoms with E-state index in [0.29, 0.717) is 0 Å². The summed E-state index contributed by atoms with van der Waals surface area (Å²) >= 11 is 0. The Morgan fingerprint density at radius 1 is 0.486 bits per heavy atom. The average Bonchev–Trinajstić information content (AvgIpc) is 3.23. The van der Waals surface area contributed by atoms with E-state index in [4.69, 9.17) is 0 Å². The van der Waals surface area contributed by atoms with E-state index in [2.05, 4.69) is 130 Å². The van der Waals surface area contributed by atoms with Crippen LogP contribution in [0.1, 0.15) is 49.9 Å². The van der Waals surface area contributed by atoms with Gasteiger partial charge in [0.2, 0.25) is 0 Å². The first-order valence-electron chi connectivity index (χ1n) is 12.5. The zero-order valence-electron chi connectivity index (χ0n) is 20.7. The highest BCUT2D eigenvalue weighted by Crippen LogP contribution is 2.52.